The summed E-state index contributed by atoms with van der Waals surface area (Å²) in [5.41, 5.74) is 2.71. The lowest BCUT2D eigenvalue weighted by Gasteiger charge is -2.07. The fraction of sp³-hybridized carbons (Fsp3) is 0.462. The van der Waals surface area contributed by atoms with Crippen LogP contribution in [0.4, 0.5) is 5.82 Å². The predicted molar refractivity (Wildman–Crippen MR) is 79.8 cm³/mol. The van der Waals surface area contributed by atoms with Crippen molar-refractivity contribution < 1.29 is 9.59 Å². The first-order chi connectivity index (χ1) is 10.1. The van der Waals surface area contributed by atoms with Crippen molar-refractivity contribution in [1.29, 1.82) is 0 Å². The highest BCUT2D eigenvalue weighted by molar-refractivity contribution is 6.29. The van der Waals surface area contributed by atoms with E-state index in [2.05, 4.69) is 21.0 Å². The lowest BCUT2D eigenvalue weighted by molar-refractivity contribution is -0.121. The van der Waals surface area contributed by atoms with Crippen molar-refractivity contribution in [3.8, 4) is 0 Å². The van der Waals surface area contributed by atoms with Gasteiger partial charge in [-0.05, 0) is 31.4 Å². The quantitative estimate of drug-likeness (QED) is 0.258. The van der Waals surface area contributed by atoms with Crippen LogP contribution in [0.25, 0.3) is 0 Å². The van der Waals surface area contributed by atoms with Gasteiger partial charge in [-0.3, -0.25) is 9.59 Å². The van der Waals surface area contributed by atoms with E-state index in [-0.39, 0.29) is 17.0 Å². The number of hydrazine groups is 1. The molecular weight excluding hydrogens is 294 g/mol. The molecule has 1 saturated carbocycles. The number of halogens is 1. The van der Waals surface area contributed by atoms with E-state index in [1.807, 2.05) is 0 Å². The number of carbonyl (C=O) groups is 2. The molecule has 0 unspecified atom stereocenters. The number of rotatable bonds is 7. The molecule has 0 bridgehead atoms. The van der Waals surface area contributed by atoms with Gasteiger partial charge in [-0.25, -0.2) is 10.8 Å². The molecule has 5 N–H and O–H groups in total. The van der Waals surface area contributed by atoms with Crippen LogP contribution in [0.15, 0.2) is 12.1 Å². The number of pyridine rings is 1. The first-order valence-corrected chi connectivity index (χ1v) is 7.18. The van der Waals surface area contributed by atoms with Crippen molar-refractivity contribution in [2.45, 2.75) is 31.7 Å². The van der Waals surface area contributed by atoms with Gasteiger partial charge in [-0.2, -0.15) is 0 Å². The topological polar surface area (TPSA) is 109 Å². The van der Waals surface area contributed by atoms with E-state index in [4.69, 9.17) is 17.4 Å². The third-order valence-electron chi connectivity index (χ3n) is 3.01. The van der Waals surface area contributed by atoms with E-state index in [0.29, 0.717) is 36.8 Å². The van der Waals surface area contributed by atoms with E-state index in [1.165, 1.54) is 12.1 Å². The summed E-state index contributed by atoms with van der Waals surface area (Å²) >= 11 is 5.79. The Labute approximate surface area is 127 Å². The molecule has 1 fully saturated rings. The maximum atomic E-state index is 11.9. The summed E-state index contributed by atoms with van der Waals surface area (Å²) in [5.74, 6) is 5.31. The molecule has 0 aromatic carbocycles. The highest BCUT2D eigenvalue weighted by Gasteiger charge is 2.22. The average molecular weight is 312 g/mol. The van der Waals surface area contributed by atoms with Gasteiger partial charge in [-0.1, -0.05) is 11.6 Å². The molecule has 21 heavy (non-hydrogen) atoms. The smallest absolute Gasteiger partial charge is 0.251 e. The first-order valence-electron chi connectivity index (χ1n) is 6.80. The van der Waals surface area contributed by atoms with Gasteiger partial charge < -0.3 is 16.1 Å². The summed E-state index contributed by atoms with van der Waals surface area (Å²) in [4.78, 5) is 27.3. The van der Waals surface area contributed by atoms with Crippen LogP contribution in [-0.4, -0.2) is 29.4 Å². The molecule has 1 heterocycles. The number of anilines is 1. The number of nitrogens with one attached hydrogen (secondary N) is 3. The van der Waals surface area contributed by atoms with Crippen molar-refractivity contribution >= 4 is 29.2 Å². The van der Waals surface area contributed by atoms with E-state index >= 15 is 0 Å². The molecule has 8 heteroatoms. The molecule has 114 valence electrons. The Balaban J connectivity index is 1.73. The normalized spacial score (nSPS) is 13.6. The summed E-state index contributed by atoms with van der Waals surface area (Å²) in [5, 5.41) is 5.80. The number of nitrogens with two attached hydrogens (primary N) is 1. The average Bonchev–Trinajstić information content (AvgIpc) is 3.26. The van der Waals surface area contributed by atoms with Crippen molar-refractivity contribution in [3.63, 3.8) is 0 Å². The van der Waals surface area contributed by atoms with E-state index in [9.17, 15) is 9.59 Å². The summed E-state index contributed by atoms with van der Waals surface area (Å²) in [6, 6.07) is 3.33. The number of nitrogens with zero attached hydrogens (tertiary/aromatic N) is 1. The Morgan fingerprint density at radius 1 is 1.38 bits per heavy atom. The molecule has 0 atom stereocenters. The summed E-state index contributed by atoms with van der Waals surface area (Å²) in [6.07, 6.45) is 3.14. The molecular formula is C13H18ClN5O2. The SMILES string of the molecule is NNc1cc(C(=O)NCCCC(=O)NC2CC2)cc(Cl)n1. The second kappa shape index (κ2) is 7.24. The van der Waals surface area contributed by atoms with Gasteiger partial charge in [0.15, 0.2) is 0 Å². The summed E-state index contributed by atoms with van der Waals surface area (Å²) < 4.78 is 0. The molecule has 1 aliphatic rings. The Bertz CT molecular complexity index is 533. The van der Waals surface area contributed by atoms with Gasteiger partial charge in [0.25, 0.3) is 5.91 Å². The molecule has 0 saturated heterocycles. The third-order valence-corrected chi connectivity index (χ3v) is 3.21. The van der Waals surface area contributed by atoms with Crippen LogP contribution in [0.2, 0.25) is 5.15 Å². The molecule has 1 aliphatic carbocycles. The number of hydrogen-bond acceptors (Lipinski definition) is 5. The van der Waals surface area contributed by atoms with Crippen LogP contribution >= 0.6 is 11.6 Å². The highest BCUT2D eigenvalue weighted by Crippen LogP contribution is 2.18. The summed E-state index contributed by atoms with van der Waals surface area (Å²) in [6.45, 7) is 0.419. The van der Waals surface area contributed by atoms with Gasteiger partial charge in [0.2, 0.25) is 5.91 Å². The van der Waals surface area contributed by atoms with Gasteiger partial charge in [0.1, 0.15) is 11.0 Å². The number of nitrogen functional groups attached to an aromatic ring is 1. The molecule has 0 radical (unpaired) electrons. The lowest BCUT2D eigenvalue weighted by Crippen LogP contribution is -2.28. The van der Waals surface area contributed by atoms with Gasteiger partial charge in [0.05, 0.1) is 0 Å². The fourth-order valence-electron chi connectivity index (χ4n) is 1.78. The van der Waals surface area contributed by atoms with Crippen molar-refractivity contribution in [2.75, 3.05) is 12.0 Å². The molecule has 1 aromatic rings. The monoisotopic (exact) mass is 311 g/mol. The van der Waals surface area contributed by atoms with Gasteiger partial charge >= 0.3 is 0 Å². The van der Waals surface area contributed by atoms with E-state index in [0.717, 1.165) is 12.8 Å². The molecule has 2 rings (SSSR count). The summed E-state index contributed by atoms with van der Waals surface area (Å²) in [7, 11) is 0. The zero-order chi connectivity index (χ0) is 15.2. The Morgan fingerprint density at radius 3 is 2.81 bits per heavy atom. The Morgan fingerprint density at radius 2 is 2.14 bits per heavy atom. The van der Waals surface area contributed by atoms with Crippen LogP contribution in [0.1, 0.15) is 36.0 Å². The molecule has 2 amide bonds. The largest absolute Gasteiger partial charge is 0.353 e. The Kier molecular flexibility index (Phi) is 5.35. The number of hydrogen-bond donors (Lipinski definition) is 4. The minimum atomic E-state index is -0.279. The second-order valence-electron chi connectivity index (χ2n) is 4.91. The molecule has 7 nitrogen and oxygen atoms in total. The second-order valence-corrected chi connectivity index (χ2v) is 5.30. The van der Waals surface area contributed by atoms with Crippen molar-refractivity contribution in [1.82, 2.24) is 15.6 Å². The molecule has 1 aromatic heterocycles. The van der Waals surface area contributed by atoms with E-state index < -0.39 is 0 Å². The zero-order valence-electron chi connectivity index (χ0n) is 11.5. The van der Waals surface area contributed by atoms with Crippen LogP contribution in [-0.2, 0) is 4.79 Å². The predicted octanol–water partition coefficient (Wildman–Crippen LogP) is 0.809. The van der Waals surface area contributed by atoms with Crippen LogP contribution in [0.3, 0.4) is 0 Å². The van der Waals surface area contributed by atoms with Crippen molar-refractivity contribution in [3.05, 3.63) is 22.8 Å². The van der Waals surface area contributed by atoms with Crippen molar-refractivity contribution in [2.24, 2.45) is 5.84 Å². The van der Waals surface area contributed by atoms with Crippen LogP contribution in [0, 0.1) is 0 Å². The number of amides is 2. The third kappa shape index (κ3) is 5.20. The minimum Gasteiger partial charge on any atom is -0.353 e. The van der Waals surface area contributed by atoms with Crippen LogP contribution < -0.4 is 21.9 Å². The maximum absolute atomic E-state index is 11.9. The number of carbonyl (C=O) groups excluding carboxylic acids is 2. The van der Waals surface area contributed by atoms with Gasteiger partial charge in [0, 0.05) is 24.6 Å². The minimum absolute atomic E-state index is 0.0355. The standard InChI is InChI=1S/C13H18ClN5O2/c14-10-6-8(7-11(18-10)19-15)13(21)16-5-1-2-12(20)17-9-3-4-9/h6-7,9H,1-5,15H2,(H,16,21)(H,17,20)(H,18,19). The molecule has 0 spiro atoms. The van der Waals surface area contributed by atoms with Crippen LogP contribution in [0.5, 0.6) is 0 Å². The Hall–Kier alpha value is -1.86. The number of aromatic nitrogens is 1. The first kappa shape index (κ1) is 15.5. The highest BCUT2D eigenvalue weighted by atomic mass is 35.5. The van der Waals surface area contributed by atoms with E-state index in [1.54, 1.807) is 0 Å². The van der Waals surface area contributed by atoms with Gasteiger partial charge in [-0.15, -0.1) is 0 Å². The maximum Gasteiger partial charge on any atom is 0.251 e. The molecule has 0 aliphatic heterocycles. The fourth-order valence-corrected chi connectivity index (χ4v) is 1.99. The lowest BCUT2D eigenvalue weighted by atomic mass is 10.2. The zero-order valence-corrected chi connectivity index (χ0v) is 12.2.